The molecule has 1 saturated heterocycles. The Kier molecular flexibility index (Phi) is 4.20. The second-order valence-corrected chi connectivity index (χ2v) is 6.74. The van der Waals surface area contributed by atoms with Crippen LogP contribution in [-0.2, 0) is 6.54 Å². The van der Waals surface area contributed by atoms with E-state index >= 15 is 0 Å². The molecule has 1 fully saturated rings. The Morgan fingerprint density at radius 2 is 1.96 bits per heavy atom. The highest BCUT2D eigenvalue weighted by atomic mass is 15.3. The number of benzene rings is 1. The summed E-state index contributed by atoms with van der Waals surface area (Å²) in [4.78, 5) is 2.50. The molecule has 0 spiro atoms. The third-order valence-corrected chi connectivity index (χ3v) is 4.99. The van der Waals surface area contributed by atoms with Gasteiger partial charge in [-0.05, 0) is 31.0 Å². The molecule has 0 radical (unpaired) electrons. The monoisotopic (exact) mass is 311 g/mol. The molecule has 3 heterocycles. The first-order chi connectivity index (χ1) is 11.4. The first kappa shape index (κ1) is 14.6. The lowest BCUT2D eigenvalue weighted by atomic mass is 10.1. The highest BCUT2D eigenvalue weighted by molar-refractivity contribution is 5.46. The van der Waals surface area contributed by atoms with Crippen molar-refractivity contribution in [2.75, 3.05) is 42.9 Å². The Morgan fingerprint density at radius 3 is 2.87 bits per heavy atom. The van der Waals surface area contributed by atoms with E-state index in [4.69, 9.17) is 0 Å². The third-order valence-electron chi connectivity index (χ3n) is 4.99. The highest BCUT2D eigenvalue weighted by Gasteiger charge is 2.23. The van der Waals surface area contributed by atoms with Crippen LogP contribution in [0.5, 0.6) is 0 Å². The highest BCUT2D eigenvalue weighted by Crippen LogP contribution is 2.23. The smallest absolute Gasteiger partial charge is 0.124 e. The molecule has 2 atom stereocenters. The zero-order valence-electron chi connectivity index (χ0n) is 13.5. The maximum absolute atomic E-state index is 4.36. The number of para-hydroxylation sites is 1. The van der Waals surface area contributed by atoms with Gasteiger partial charge in [-0.25, -0.2) is 4.68 Å². The van der Waals surface area contributed by atoms with Crippen molar-refractivity contribution in [2.24, 2.45) is 11.8 Å². The molecule has 0 saturated carbocycles. The Hall–Kier alpha value is -2.01. The average Bonchev–Trinajstić information content (AvgIpc) is 3.24. The maximum atomic E-state index is 4.36. The van der Waals surface area contributed by atoms with Crippen molar-refractivity contribution in [3.05, 3.63) is 42.6 Å². The molecule has 5 heteroatoms. The Morgan fingerprint density at radius 1 is 1.09 bits per heavy atom. The molecular formula is C18H25N5. The molecule has 122 valence electrons. The summed E-state index contributed by atoms with van der Waals surface area (Å²) in [6.07, 6.45) is 3.16. The Bertz CT molecular complexity index is 623. The standard InChI is InChI=1S/C18H25N5/c1-2-4-17(5-3-1)22-9-7-15(13-22)10-19-11-16-12-20-18-6-8-21-23(18)14-16/h1-6,8,15-16,19-20H,7,9-14H2/t15-,16-/m1/s1. The summed E-state index contributed by atoms with van der Waals surface area (Å²) in [5.41, 5.74) is 1.36. The normalized spacial score (nSPS) is 23.6. The van der Waals surface area contributed by atoms with Gasteiger partial charge in [0.15, 0.2) is 0 Å². The van der Waals surface area contributed by atoms with Crippen LogP contribution in [0, 0.1) is 11.8 Å². The summed E-state index contributed by atoms with van der Waals surface area (Å²) in [5, 5.41) is 11.5. The van der Waals surface area contributed by atoms with Crippen LogP contribution in [0.3, 0.4) is 0 Å². The number of fused-ring (bicyclic) bond motifs is 1. The van der Waals surface area contributed by atoms with Gasteiger partial charge in [0.25, 0.3) is 0 Å². The molecule has 2 aromatic rings. The Balaban J connectivity index is 1.21. The van der Waals surface area contributed by atoms with Gasteiger partial charge in [-0.1, -0.05) is 18.2 Å². The van der Waals surface area contributed by atoms with Gasteiger partial charge >= 0.3 is 0 Å². The van der Waals surface area contributed by atoms with Gasteiger partial charge in [0.05, 0.1) is 6.20 Å². The minimum atomic E-state index is 0.619. The summed E-state index contributed by atoms with van der Waals surface area (Å²) < 4.78 is 2.07. The second-order valence-electron chi connectivity index (χ2n) is 6.74. The van der Waals surface area contributed by atoms with Crippen molar-refractivity contribution >= 4 is 11.5 Å². The lowest BCUT2D eigenvalue weighted by Crippen LogP contribution is -2.37. The van der Waals surface area contributed by atoms with Crippen molar-refractivity contribution in [3.63, 3.8) is 0 Å². The van der Waals surface area contributed by atoms with E-state index < -0.39 is 0 Å². The number of hydrogen-bond donors (Lipinski definition) is 2. The third kappa shape index (κ3) is 3.34. The molecule has 0 aliphatic carbocycles. The van der Waals surface area contributed by atoms with E-state index in [0.29, 0.717) is 5.92 Å². The maximum Gasteiger partial charge on any atom is 0.124 e. The lowest BCUT2D eigenvalue weighted by Gasteiger charge is -2.25. The summed E-state index contributed by atoms with van der Waals surface area (Å²) in [6.45, 7) is 6.59. The molecule has 2 aliphatic rings. The van der Waals surface area contributed by atoms with Gasteiger partial charge in [0.1, 0.15) is 5.82 Å². The van der Waals surface area contributed by atoms with Gasteiger partial charge in [-0.2, -0.15) is 5.10 Å². The van der Waals surface area contributed by atoms with Crippen LogP contribution in [-0.4, -0.2) is 42.5 Å². The fraction of sp³-hybridized carbons (Fsp3) is 0.500. The van der Waals surface area contributed by atoms with E-state index in [2.05, 4.69) is 55.6 Å². The Labute approximate surface area is 137 Å². The molecule has 2 N–H and O–H groups in total. The lowest BCUT2D eigenvalue weighted by molar-refractivity contribution is 0.379. The second kappa shape index (κ2) is 6.62. The molecule has 4 rings (SSSR count). The topological polar surface area (TPSA) is 45.1 Å². The number of rotatable bonds is 5. The number of hydrogen-bond acceptors (Lipinski definition) is 4. The van der Waals surface area contributed by atoms with Crippen LogP contribution in [0.1, 0.15) is 6.42 Å². The fourth-order valence-corrected chi connectivity index (χ4v) is 3.69. The van der Waals surface area contributed by atoms with E-state index in [1.807, 2.05) is 12.3 Å². The summed E-state index contributed by atoms with van der Waals surface area (Å²) in [6, 6.07) is 12.8. The minimum absolute atomic E-state index is 0.619. The van der Waals surface area contributed by atoms with Gasteiger partial charge in [0, 0.05) is 50.4 Å². The quantitative estimate of drug-likeness (QED) is 0.887. The molecule has 2 aliphatic heterocycles. The van der Waals surface area contributed by atoms with Gasteiger partial charge < -0.3 is 15.5 Å². The minimum Gasteiger partial charge on any atom is -0.371 e. The molecule has 1 aromatic heterocycles. The molecule has 0 unspecified atom stereocenters. The summed E-state index contributed by atoms with van der Waals surface area (Å²) >= 11 is 0. The van der Waals surface area contributed by atoms with E-state index in [1.54, 1.807) is 0 Å². The zero-order chi connectivity index (χ0) is 15.5. The zero-order valence-corrected chi connectivity index (χ0v) is 13.5. The molecule has 1 aromatic carbocycles. The SMILES string of the molecule is c1ccc(N2CC[C@H](CNC[C@@H]3CNc4ccnn4C3)C2)cc1. The van der Waals surface area contributed by atoms with Gasteiger partial charge in [0.2, 0.25) is 0 Å². The number of nitrogens with zero attached hydrogens (tertiary/aromatic N) is 3. The first-order valence-corrected chi connectivity index (χ1v) is 8.65. The molecule has 0 amide bonds. The summed E-state index contributed by atoms with van der Waals surface area (Å²) in [7, 11) is 0. The average molecular weight is 311 g/mol. The number of aromatic nitrogens is 2. The molecular weight excluding hydrogens is 286 g/mol. The predicted molar refractivity (Wildman–Crippen MR) is 93.8 cm³/mol. The van der Waals surface area contributed by atoms with Gasteiger partial charge in [-0.3, -0.25) is 0 Å². The first-order valence-electron chi connectivity index (χ1n) is 8.65. The van der Waals surface area contributed by atoms with Crippen molar-refractivity contribution in [2.45, 2.75) is 13.0 Å². The van der Waals surface area contributed by atoms with Crippen LogP contribution < -0.4 is 15.5 Å². The van der Waals surface area contributed by atoms with Crippen molar-refractivity contribution in [3.8, 4) is 0 Å². The molecule has 0 bridgehead atoms. The van der Waals surface area contributed by atoms with Crippen LogP contribution in [0.4, 0.5) is 11.5 Å². The van der Waals surface area contributed by atoms with Crippen molar-refractivity contribution in [1.82, 2.24) is 15.1 Å². The predicted octanol–water partition coefficient (Wildman–Crippen LogP) is 2.04. The summed E-state index contributed by atoms with van der Waals surface area (Å²) in [5.74, 6) is 2.52. The van der Waals surface area contributed by atoms with Crippen LogP contribution in [0.25, 0.3) is 0 Å². The number of anilines is 2. The van der Waals surface area contributed by atoms with E-state index in [0.717, 1.165) is 37.9 Å². The van der Waals surface area contributed by atoms with E-state index in [9.17, 15) is 0 Å². The molecule has 5 nitrogen and oxygen atoms in total. The number of nitrogens with one attached hydrogen (secondary N) is 2. The fourth-order valence-electron chi connectivity index (χ4n) is 3.69. The van der Waals surface area contributed by atoms with Crippen molar-refractivity contribution in [1.29, 1.82) is 0 Å². The largest absolute Gasteiger partial charge is 0.371 e. The van der Waals surface area contributed by atoms with Crippen LogP contribution in [0.2, 0.25) is 0 Å². The van der Waals surface area contributed by atoms with Gasteiger partial charge in [-0.15, -0.1) is 0 Å². The van der Waals surface area contributed by atoms with Crippen LogP contribution >= 0.6 is 0 Å². The van der Waals surface area contributed by atoms with E-state index in [-0.39, 0.29) is 0 Å². The van der Waals surface area contributed by atoms with E-state index in [1.165, 1.54) is 25.2 Å². The molecule has 23 heavy (non-hydrogen) atoms. The van der Waals surface area contributed by atoms with Crippen LogP contribution in [0.15, 0.2) is 42.6 Å². The van der Waals surface area contributed by atoms with Crippen molar-refractivity contribution < 1.29 is 0 Å².